The molecule has 0 saturated carbocycles. The fraction of sp³-hybridized carbons (Fsp3) is 0.636. The highest BCUT2D eigenvalue weighted by molar-refractivity contribution is 7.13. The van der Waals surface area contributed by atoms with E-state index in [1.807, 2.05) is 18.9 Å². The highest BCUT2D eigenvalue weighted by Crippen LogP contribution is 2.25. The van der Waals surface area contributed by atoms with E-state index in [0.29, 0.717) is 6.04 Å². The molecule has 1 amide bonds. The first-order chi connectivity index (χ1) is 7.58. The SMILES string of the molecule is CC(=O)N(C)C1CCN(c2nc(C)cs2)C1. The van der Waals surface area contributed by atoms with Gasteiger partial charge >= 0.3 is 0 Å². The first kappa shape index (κ1) is 11.4. The van der Waals surface area contributed by atoms with E-state index < -0.39 is 0 Å². The van der Waals surface area contributed by atoms with Crippen molar-refractivity contribution in [2.24, 2.45) is 0 Å². The van der Waals surface area contributed by atoms with Crippen LogP contribution in [0.15, 0.2) is 5.38 Å². The Hall–Kier alpha value is -1.10. The third-order valence-corrected chi connectivity index (χ3v) is 4.10. The summed E-state index contributed by atoms with van der Waals surface area (Å²) >= 11 is 1.68. The van der Waals surface area contributed by atoms with Gasteiger partial charge in [-0.2, -0.15) is 0 Å². The zero-order chi connectivity index (χ0) is 11.7. The maximum absolute atomic E-state index is 11.3. The minimum Gasteiger partial charge on any atom is -0.346 e. The first-order valence-electron chi connectivity index (χ1n) is 5.48. The van der Waals surface area contributed by atoms with Gasteiger partial charge in [-0.15, -0.1) is 11.3 Å². The largest absolute Gasteiger partial charge is 0.346 e. The van der Waals surface area contributed by atoms with Crippen LogP contribution in [0.2, 0.25) is 0 Å². The number of rotatable bonds is 2. The van der Waals surface area contributed by atoms with Crippen LogP contribution in [0.4, 0.5) is 5.13 Å². The first-order valence-corrected chi connectivity index (χ1v) is 6.36. The number of anilines is 1. The Kier molecular flexibility index (Phi) is 3.14. The topological polar surface area (TPSA) is 36.4 Å². The summed E-state index contributed by atoms with van der Waals surface area (Å²) in [6.07, 6.45) is 1.04. The van der Waals surface area contributed by atoms with Crippen molar-refractivity contribution in [1.82, 2.24) is 9.88 Å². The van der Waals surface area contributed by atoms with E-state index in [1.165, 1.54) is 0 Å². The maximum Gasteiger partial charge on any atom is 0.219 e. The van der Waals surface area contributed by atoms with Crippen molar-refractivity contribution < 1.29 is 4.79 Å². The molecule has 0 bridgehead atoms. The van der Waals surface area contributed by atoms with Crippen LogP contribution in [-0.4, -0.2) is 42.0 Å². The highest BCUT2D eigenvalue weighted by Gasteiger charge is 2.28. The molecule has 1 aromatic rings. The van der Waals surface area contributed by atoms with E-state index in [1.54, 1.807) is 18.3 Å². The van der Waals surface area contributed by atoms with Gasteiger partial charge in [0, 0.05) is 32.4 Å². The Labute approximate surface area is 99.9 Å². The van der Waals surface area contributed by atoms with Gasteiger partial charge in [-0.05, 0) is 13.3 Å². The lowest BCUT2D eigenvalue weighted by Crippen LogP contribution is -2.37. The maximum atomic E-state index is 11.3. The molecule has 2 rings (SSSR count). The summed E-state index contributed by atoms with van der Waals surface area (Å²) in [4.78, 5) is 19.8. The van der Waals surface area contributed by atoms with Crippen molar-refractivity contribution in [3.05, 3.63) is 11.1 Å². The molecule has 1 unspecified atom stereocenters. The Morgan fingerprint density at radius 2 is 2.44 bits per heavy atom. The summed E-state index contributed by atoms with van der Waals surface area (Å²) in [6, 6.07) is 0.335. The Morgan fingerprint density at radius 1 is 1.69 bits per heavy atom. The Bertz CT molecular complexity index is 390. The molecule has 1 atom stereocenters. The molecular weight excluding hydrogens is 222 g/mol. The number of thiazole rings is 1. The number of likely N-dealkylation sites (N-methyl/N-ethyl adjacent to an activating group) is 1. The van der Waals surface area contributed by atoms with Gasteiger partial charge in [0.1, 0.15) is 0 Å². The molecule has 5 heteroatoms. The van der Waals surface area contributed by atoms with Crippen molar-refractivity contribution in [3.8, 4) is 0 Å². The molecule has 1 aliphatic heterocycles. The summed E-state index contributed by atoms with van der Waals surface area (Å²) in [5, 5.41) is 3.15. The van der Waals surface area contributed by atoms with Gasteiger partial charge in [-0.3, -0.25) is 4.79 Å². The lowest BCUT2D eigenvalue weighted by molar-refractivity contribution is -0.129. The van der Waals surface area contributed by atoms with E-state index in [0.717, 1.165) is 30.3 Å². The molecule has 0 radical (unpaired) electrons. The minimum atomic E-state index is 0.141. The monoisotopic (exact) mass is 239 g/mol. The van der Waals surface area contributed by atoms with Crippen molar-refractivity contribution >= 4 is 22.4 Å². The molecule has 1 fully saturated rings. The van der Waals surface area contributed by atoms with Crippen molar-refractivity contribution in [2.45, 2.75) is 26.3 Å². The van der Waals surface area contributed by atoms with E-state index in [2.05, 4.69) is 15.3 Å². The standard InChI is InChI=1S/C11H17N3OS/c1-8-7-16-11(12-8)14-5-4-10(6-14)13(3)9(2)15/h7,10H,4-6H2,1-3H3. The summed E-state index contributed by atoms with van der Waals surface area (Å²) in [5.41, 5.74) is 1.07. The van der Waals surface area contributed by atoms with Crippen LogP contribution in [0.1, 0.15) is 19.0 Å². The second kappa shape index (κ2) is 4.41. The number of hydrogen-bond acceptors (Lipinski definition) is 4. The molecule has 1 aliphatic rings. The highest BCUT2D eigenvalue weighted by atomic mass is 32.1. The zero-order valence-electron chi connectivity index (χ0n) is 9.93. The quantitative estimate of drug-likeness (QED) is 0.785. The smallest absolute Gasteiger partial charge is 0.219 e. The van der Waals surface area contributed by atoms with E-state index >= 15 is 0 Å². The molecule has 1 saturated heterocycles. The van der Waals surface area contributed by atoms with Crippen LogP contribution < -0.4 is 4.90 Å². The number of carbonyl (C=O) groups is 1. The summed E-state index contributed by atoms with van der Waals surface area (Å²) in [6.45, 7) is 5.53. The van der Waals surface area contributed by atoms with Crippen LogP contribution in [-0.2, 0) is 4.79 Å². The predicted molar refractivity (Wildman–Crippen MR) is 65.9 cm³/mol. The number of amides is 1. The molecule has 1 aromatic heterocycles. The number of aromatic nitrogens is 1. The van der Waals surface area contributed by atoms with Gasteiger partial charge in [-0.25, -0.2) is 4.98 Å². The van der Waals surface area contributed by atoms with Crippen LogP contribution in [0.25, 0.3) is 0 Å². The second-order valence-corrected chi connectivity index (χ2v) is 5.13. The Balaban J connectivity index is 2.00. The van der Waals surface area contributed by atoms with E-state index in [4.69, 9.17) is 0 Å². The molecule has 0 spiro atoms. The number of hydrogen-bond donors (Lipinski definition) is 0. The lowest BCUT2D eigenvalue weighted by atomic mass is 10.2. The lowest BCUT2D eigenvalue weighted by Gasteiger charge is -2.23. The minimum absolute atomic E-state index is 0.141. The van der Waals surface area contributed by atoms with Gasteiger partial charge in [0.05, 0.1) is 11.7 Å². The van der Waals surface area contributed by atoms with Crippen molar-refractivity contribution in [1.29, 1.82) is 0 Å². The molecular formula is C11H17N3OS. The molecule has 2 heterocycles. The van der Waals surface area contributed by atoms with E-state index in [9.17, 15) is 4.79 Å². The number of aryl methyl sites for hydroxylation is 1. The zero-order valence-corrected chi connectivity index (χ0v) is 10.8. The molecule has 0 N–H and O–H groups in total. The molecule has 0 aromatic carbocycles. The Morgan fingerprint density at radius 3 is 3.00 bits per heavy atom. The average molecular weight is 239 g/mol. The molecule has 88 valence electrons. The van der Waals surface area contributed by atoms with Crippen LogP contribution in [0, 0.1) is 6.92 Å². The normalized spacial score (nSPS) is 20.2. The molecule has 0 aliphatic carbocycles. The molecule has 16 heavy (non-hydrogen) atoms. The summed E-state index contributed by atoms with van der Waals surface area (Å²) in [7, 11) is 1.88. The van der Waals surface area contributed by atoms with Crippen LogP contribution in [0.5, 0.6) is 0 Å². The van der Waals surface area contributed by atoms with Crippen molar-refractivity contribution in [3.63, 3.8) is 0 Å². The van der Waals surface area contributed by atoms with Gasteiger partial charge in [0.15, 0.2) is 5.13 Å². The second-order valence-electron chi connectivity index (χ2n) is 4.29. The third kappa shape index (κ3) is 2.19. The van der Waals surface area contributed by atoms with Gasteiger partial charge in [0.2, 0.25) is 5.91 Å². The van der Waals surface area contributed by atoms with Gasteiger partial charge in [0.25, 0.3) is 0 Å². The fourth-order valence-electron chi connectivity index (χ4n) is 1.98. The average Bonchev–Trinajstić information content (AvgIpc) is 2.84. The van der Waals surface area contributed by atoms with Crippen LogP contribution in [0.3, 0.4) is 0 Å². The number of carbonyl (C=O) groups excluding carboxylic acids is 1. The predicted octanol–water partition coefficient (Wildman–Crippen LogP) is 1.51. The van der Waals surface area contributed by atoms with E-state index in [-0.39, 0.29) is 5.91 Å². The number of nitrogens with zero attached hydrogens (tertiary/aromatic N) is 3. The van der Waals surface area contributed by atoms with Gasteiger partial charge < -0.3 is 9.80 Å². The summed E-state index contributed by atoms with van der Waals surface area (Å²) < 4.78 is 0. The third-order valence-electron chi connectivity index (χ3n) is 3.09. The fourth-order valence-corrected chi connectivity index (χ4v) is 2.82. The van der Waals surface area contributed by atoms with Crippen molar-refractivity contribution in [2.75, 3.05) is 25.0 Å². The molecule has 4 nitrogen and oxygen atoms in total. The van der Waals surface area contributed by atoms with Gasteiger partial charge in [-0.1, -0.05) is 0 Å². The summed E-state index contributed by atoms with van der Waals surface area (Å²) in [5.74, 6) is 0.141. The van der Waals surface area contributed by atoms with Crippen LogP contribution >= 0.6 is 11.3 Å².